The number of methoxy groups -OCH3 is 1. The van der Waals surface area contributed by atoms with Crippen LogP contribution in [0.25, 0.3) is 10.9 Å². The fourth-order valence-electron chi connectivity index (χ4n) is 2.65. The van der Waals surface area contributed by atoms with Gasteiger partial charge in [-0.05, 0) is 50.5 Å². The SMILES string of the molecule is COc1ccc(S(=O)(=O)n2cc(SCCN(C)C)c3ccc(Cl)cc32)cc1. The van der Waals surface area contributed by atoms with Crippen LogP contribution >= 0.6 is 23.4 Å². The minimum atomic E-state index is -3.75. The molecule has 0 spiro atoms. The second kappa shape index (κ2) is 8.14. The maximum absolute atomic E-state index is 13.2. The normalized spacial score (nSPS) is 12.0. The van der Waals surface area contributed by atoms with E-state index in [-0.39, 0.29) is 4.90 Å². The van der Waals surface area contributed by atoms with E-state index in [0.717, 1.165) is 22.6 Å². The van der Waals surface area contributed by atoms with Crippen LogP contribution in [0, 0.1) is 0 Å². The number of rotatable bonds is 7. The summed E-state index contributed by atoms with van der Waals surface area (Å²) in [6, 6.07) is 11.7. The largest absolute Gasteiger partial charge is 0.497 e. The summed E-state index contributed by atoms with van der Waals surface area (Å²) in [6.45, 7) is 0.899. The van der Waals surface area contributed by atoms with Crippen molar-refractivity contribution in [1.82, 2.24) is 8.87 Å². The molecule has 1 aromatic heterocycles. The molecule has 1 heterocycles. The molecule has 0 saturated heterocycles. The van der Waals surface area contributed by atoms with Gasteiger partial charge in [-0.3, -0.25) is 0 Å². The number of thioether (sulfide) groups is 1. The Balaban J connectivity index is 2.07. The monoisotopic (exact) mass is 424 g/mol. The van der Waals surface area contributed by atoms with Crippen LogP contribution in [0.2, 0.25) is 5.02 Å². The molecule has 0 atom stereocenters. The second-order valence-electron chi connectivity index (χ2n) is 6.28. The Morgan fingerprint density at radius 2 is 1.85 bits per heavy atom. The highest BCUT2D eigenvalue weighted by Gasteiger charge is 2.22. The van der Waals surface area contributed by atoms with Crippen molar-refractivity contribution in [2.24, 2.45) is 0 Å². The zero-order valence-corrected chi connectivity index (χ0v) is 17.7. The number of hydrogen-bond acceptors (Lipinski definition) is 5. The fraction of sp³-hybridized carbons (Fsp3) is 0.263. The molecule has 0 amide bonds. The zero-order chi connectivity index (χ0) is 19.6. The molecular formula is C19H21ClN2O3S2. The molecule has 0 radical (unpaired) electrons. The highest BCUT2D eigenvalue weighted by Crippen LogP contribution is 2.34. The lowest BCUT2D eigenvalue weighted by Gasteiger charge is -2.08. The summed E-state index contributed by atoms with van der Waals surface area (Å²) in [4.78, 5) is 3.21. The fourth-order valence-corrected chi connectivity index (χ4v) is 5.43. The topological polar surface area (TPSA) is 51.5 Å². The third-order valence-electron chi connectivity index (χ3n) is 4.11. The van der Waals surface area contributed by atoms with Gasteiger partial charge in [0.1, 0.15) is 5.75 Å². The molecule has 144 valence electrons. The van der Waals surface area contributed by atoms with E-state index in [9.17, 15) is 8.42 Å². The summed E-state index contributed by atoms with van der Waals surface area (Å²) in [5, 5.41) is 1.37. The highest BCUT2D eigenvalue weighted by molar-refractivity contribution is 7.99. The molecule has 5 nitrogen and oxygen atoms in total. The lowest BCUT2D eigenvalue weighted by atomic mass is 10.2. The molecular weight excluding hydrogens is 404 g/mol. The third kappa shape index (κ3) is 4.27. The quantitative estimate of drug-likeness (QED) is 0.532. The molecule has 0 saturated carbocycles. The minimum absolute atomic E-state index is 0.199. The molecule has 3 aromatic rings. The van der Waals surface area contributed by atoms with E-state index in [4.69, 9.17) is 16.3 Å². The van der Waals surface area contributed by atoms with Crippen molar-refractivity contribution < 1.29 is 13.2 Å². The van der Waals surface area contributed by atoms with Crippen molar-refractivity contribution in [2.45, 2.75) is 9.79 Å². The maximum atomic E-state index is 13.2. The van der Waals surface area contributed by atoms with Gasteiger partial charge in [-0.15, -0.1) is 11.8 Å². The van der Waals surface area contributed by atoms with E-state index < -0.39 is 10.0 Å². The van der Waals surface area contributed by atoms with Gasteiger partial charge in [-0.1, -0.05) is 17.7 Å². The zero-order valence-electron chi connectivity index (χ0n) is 15.3. The van der Waals surface area contributed by atoms with Crippen LogP contribution in [0.3, 0.4) is 0 Å². The molecule has 0 unspecified atom stereocenters. The number of benzene rings is 2. The first kappa shape index (κ1) is 20.1. The van der Waals surface area contributed by atoms with Crippen LogP contribution in [-0.2, 0) is 10.0 Å². The smallest absolute Gasteiger partial charge is 0.268 e. The van der Waals surface area contributed by atoms with Gasteiger partial charge in [-0.2, -0.15) is 0 Å². The van der Waals surface area contributed by atoms with E-state index >= 15 is 0 Å². The predicted octanol–water partition coefficient (Wildman–Crippen LogP) is 4.19. The van der Waals surface area contributed by atoms with Crippen molar-refractivity contribution >= 4 is 44.3 Å². The number of hydrogen-bond donors (Lipinski definition) is 0. The van der Waals surface area contributed by atoms with Gasteiger partial charge < -0.3 is 9.64 Å². The molecule has 0 bridgehead atoms. The summed E-state index contributed by atoms with van der Waals surface area (Å²) in [6.07, 6.45) is 1.68. The molecule has 0 aliphatic rings. The van der Waals surface area contributed by atoms with Gasteiger partial charge in [-0.25, -0.2) is 12.4 Å². The Kier molecular flexibility index (Phi) is 6.05. The predicted molar refractivity (Wildman–Crippen MR) is 112 cm³/mol. The van der Waals surface area contributed by atoms with Crippen LogP contribution in [0.15, 0.2) is 58.5 Å². The third-order valence-corrected chi connectivity index (χ3v) is 7.06. The summed E-state index contributed by atoms with van der Waals surface area (Å²) in [5.74, 6) is 1.46. The van der Waals surface area contributed by atoms with Gasteiger partial charge in [0.15, 0.2) is 0 Å². The Bertz CT molecular complexity index is 1040. The van der Waals surface area contributed by atoms with Crippen LogP contribution < -0.4 is 4.74 Å². The van der Waals surface area contributed by atoms with Crippen molar-refractivity contribution in [3.63, 3.8) is 0 Å². The maximum Gasteiger partial charge on any atom is 0.268 e. The first-order valence-electron chi connectivity index (χ1n) is 8.30. The summed E-state index contributed by atoms with van der Waals surface area (Å²) < 4.78 is 32.9. The van der Waals surface area contributed by atoms with Crippen LogP contribution in [0.1, 0.15) is 0 Å². The standard InChI is InChI=1S/C19H21ClN2O3S2/c1-21(2)10-11-26-19-13-22(18-12-14(20)4-9-17(18)19)27(23,24)16-7-5-15(25-3)6-8-16/h4-9,12-13H,10-11H2,1-3H3. The Hall–Kier alpha value is -1.67. The van der Waals surface area contributed by atoms with E-state index in [1.165, 1.54) is 3.97 Å². The number of halogens is 1. The lowest BCUT2D eigenvalue weighted by molar-refractivity contribution is 0.414. The van der Waals surface area contributed by atoms with Crippen molar-refractivity contribution in [3.8, 4) is 5.75 Å². The van der Waals surface area contributed by atoms with E-state index in [1.54, 1.807) is 61.5 Å². The molecule has 3 rings (SSSR count). The van der Waals surface area contributed by atoms with Crippen LogP contribution in [0.5, 0.6) is 5.75 Å². The summed E-state index contributed by atoms with van der Waals surface area (Å²) in [5.41, 5.74) is 0.575. The number of ether oxygens (including phenoxy) is 1. The van der Waals surface area contributed by atoms with Crippen LogP contribution in [0.4, 0.5) is 0 Å². The van der Waals surface area contributed by atoms with Gasteiger partial charge in [0.05, 0.1) is 17.5 Å². The first-order chi connectivity index (χ1) is 12.8. The Labute approximate surface area is 168 Å². The van der Waals surface area contributed by atoms with E-state index in [2.05, 4.69) is 4.90 Å². The molecule has 27 heavy (non-hydrogen) atoms. The van der Waals surface area contributed by atoms with Gasteiger partial charge in [0.2, 0.25) is 0 Å². The molecule has 0 aliphatic carbocycles. The van der Waals surface area contributed by atoms with Gasteiger partial charge >= 0.3 is 0 Å². The number of aromatic nitrogens is 1. The molecule has 0 fully saturated rings. The van der Waals surface area contributed by atoms with Crippen molar-refractivity contribution in [3.05, 3.63) is 53.7 Å². The summed E-state index contributed by atoms with van der Waals surface area (Å²) >= 11 is 7.78. The number of fused-ring (bicyclic) bond motifs is 1. The molecule has 0 N–H and O–H groups in total. The first-order valence-corrected chi connectivity index (χ1v) is 11.1. The van der Waals surface area contributed by atoms with E-state index in [1.807, 2.05) is 20.2 Å². The van der Waals surface area contributed by atoms with Gasteiger partial charge in [0.25, 0.3) is 10.0 Å². The Morgan fingerprint density at radius 1 is 1.15 bits per heavy atom. The van der Waals surface area contributed by atoms with Gasteiger partial charge in [0, 0.05) is 33.8 Å². The van der Waals surface area contributed by atoms with Crippen LogP contribution in [-0.4, -0.2) is 50.8 Å². The lowest BCUT2D eigenvalue weighted by Crippen LogP contribution is -2.14. The average Bonchev–Trinajstić information content (AvgIpc) is 3.00. The second-order valence-corrected chi connectivity index (χ2v) is 9.67. The van der Waals surface area contributed by atoms with Crippen molar-refractivity contribution in [2.75, 3.05) is 33.5 Å². The number of nitrogens with zero attached hydrogens (tertiary/aromatic N) is 2. The van der Waals surface area contributed by atoms with E-state index in [0.29, 0.717) is 16.3 Å². The Morgan fingerprint density at radius 3 is 2.48 bits per heavy atom. The minimum Gasteiger partial charge on any atom is -0.497 e. The molecule has 8 heteroatoms. The average molecular weight is 425 g/mol. The summed E-state index contributed by atoms with van der Waals surface area (Å²) in [7, 11) is 1.82. The molecule has 0 aliphatic heterocycles. The highest BCUT2D eigenvalue weighted by atomic mass is 35.5. The van der Waals surface area contributed by atoms with Crippen molar-refractivity contribution in [1.29, 1.82) is 0 Å². The molecule has 2 aromatic carbocycles.